The van der Waals surface area contributed by atoms with E-state index in [2.05, 4.69) is 49.5 Å². The van der Waals surface area contributed by atoms with Gasteiger partial charge >= 0.3 is 0 Å². The molecule has 1 N–H and O–H groups in total. The maximum absolute atomic E-state index is 3.68. The predicted octanol–water partition coefficient (Wildman–Crippen LogP) is 5.20. The van der Waals surface area contributed by atoms with Crippen molar-refractivity contribution >= 4 is 0 Å². The minimum Gasteiger partial charge on any atom is -0.314 e. The Morgan fingerprint density at radius 2 is 1.71 bits per heavy atom. The molecule has 1 fully saturated rings. The van der Waals surface area contributed by atoms with Crippen LogP contribution in [0.5, 0.6) is 0 Å². The van der Waals surface area contributed by atoms with Gasteiger partial charge in [0.25, 0.3) is 0 Å². The van der Waals surface area contributed by atoms with Crippen molar-refractivity contribution in [2.24, 2.45) is 11.8 Å². The Hall–Kier alpha value is -0.820. The van der Waals surface area contributed by atoms with Crippen molar-refractivity contribution in [1.82, 2.24) is 5.32 Å². The SMILES string of the molecule is CC(C)NCC1CCCCCC1CCCc1ccccc1. The molecule has 0 saturated heterocycles. The first-order valence-corrected chi connectivity index (χ1v) is 9.03. The molecule has 0 radical (unpaired) electrons. The van der Waals surface area contributed by atoms with Crippen LogP contribution in [-0.4, -0.2) is 12.6 Å². The van der Waals surface area contributed by atoms with Gasteiger partial charge in [0.15, 0.2) is 0 Å². The summed E-state index contributed by atoms with van der Waals surface area (Å²) in [6, 6.07) is 11.6. The molecule has 0 amide bonds. The Kier molecular flexibility index (Phi) is 7.29. The highest BCUT2D eigenvalue weighted by molar-refractivity contribution is 5.14. The number of hydrogen-bond donors (Lipinski definition) is 1. The van der Waals surface area contributed by atoms with E-state index in [-0.39, 0.29) is 0 Å². The largest absolute Gasteiger partial charge is 0.314 e. The maximum Gasteiger partial charge on any atom is 0.00104 e. The fourth-order valence-corrected chi connectivity index (χ4v) is 3.71. The van der Waals surface area contributed by atoms with Gasteiger partial charge in [-0.05, 0) is 49.6 Å². The van der Waals surface area contributed by atoms with Gasteiger partial charge in [0.1, 0.15) is 0 Å². The monoisotopic (exact) mass is 287 g/mol. The van der Waals surface area contributed by atoms with Crippen LogP contribution < -0.4 is 5.32 Å². The Bertz CT molecular complexity index is 371. The van der Waals surface area contributed by atoms with Gasteiger partial charge in [-0.3, -0.25) is 0 Å². The van der Waals surface area contributed by atoms with E-state index in [1.165, 1.54) is 63.5 Å². The lowest BCUT2D eigenvalue weighted by Gasteiger charge is -2.26. The highest BCUT2D eigenvalue weighted by Crippen LogP contribution is 2.32. The molecule has 0 aromatic heterocycles. The quantitative estimate of drug-likeness (QED) is 0.679. The number of benzene rings is 1. The summed E-state index contributed by atoms with van der Waals surface area (Å²) in [5.74, 6) is 1.85. The summed E-state index contributed by atoms with van der Waals surface area (Å²) in [6.07, 6.45) is 11.3. The van der Waals surface area contributed by atoms with Crippen molar-refractivity contribution in [3.8, 4) is 0 Å². The van der Waals surface area contributed by atoms with E-state index in [4.69, 9.17) is 0 Å². The van der Waals surface area contributed by atoms with Gasteiger partial charge in [0, 0.05) is 6.04 Å². The first-order chi connectivity index (χ1) is 10.3. The first-order valence-electron chi connectivity index (χ1n) is 9.03. The molecule has 0 aliphatic heterocycles. The van der Waals surface area contributed by atoms with Crippen molar-refractivity contribution in [2.75, 3.05) is 6.54 Å². The van der Waals surface area contributed by atoms with E-state index in [1.54, 1.807) is 0 Å². The van der Waals surface area contributed by atoms with E-state index in [9.17, 15) is 0 Å². The smallest absolute Gasteiger partial charge is 0.00104 e. The van der Waals surface area contributed by atoms with Gasteiger partial charge in [-0.15, -0.1) is 0 Å². The number of rotatable bonds is 7. The molecule has 2 rings (SSSR count). The lowest BCUT2D eigenvalue weighted by atomic mass is 9.83. The minimum absolute atomic E-state index is 0.623. The van der Waals surface area contributed by atoms with E-state index < -0.39 is 0 Å². The molecule has 2 atom stereocenters. The van der Waals surface area contributed by atoms with Crippen LogP contribution in [0.2, 0.25) is 0 Å². The van der Waals surface area contributed by atoms with Gasteiger partial charge in [0.2, 0.25) is 0 Å². The van der Waals surface area contributed by atoms with Gasteiger partial charge in [-0.2, -0.15) is 0 Å². The Morgan fingerprint density at radius 1 is 1.00 bits per heavy atom. The molecule has 0 bridgehead atoms. The molecule has 1 aliphatic carbocycles. The molecule has 2 unspecified atom stereocenters. The predicted molar refractivity (Wildman–Crippen MR) is 92.6 cm³/mol. The van der Waals surface area contributed by atoms with E-state index in [0.717, 1.165) is 11.8 Å². The number of hydrogen-bond acceptors (Lipinski definition) is 1. The average Bonchev–Trinajstić information content (AvgIpc) is 2.71. The summed E-state index contributed by atoms with van der Waals surface area (Å²) in [6.45, 7) is 5.76. The van der Waals surface area contributed by atoms with E-state index in [0.29, 0.717) is 6.04 Å². The third kappa shape index (κ3) is 6.22. The third-order valence-electron chi connectivity index (χ3n) is 4.99. The maximum atomic E-state index is 3.68. The Labute approximate surface area is 131 Å². The van der Waals surface area contributed by atoms with E-state index >= 15 is 0 Å². The zero-order chi connectivity index (χ0) is 14.9. The summed E-state index contributed by atoms with van der Waals surface area (Å²) >= 11 is 0. The van der Waals surface area contributed by atoms with Crippen molar-refractivity contribution < 1.29 is 0 Å². The molecule has 1 nitrogen and oxygen atoms in total. The summed E-state index contributed by atoms with van der Waals surface area (Å²) in [4.78, 5) is 0. The van der Waals surface area contributed by atoms with Gasteiger partial charge in [-0.25, -0.2) is 0 Å². The van der Waals surface area contributed by atoms with Crippen LogP contribution in [0, 0.1) is 11.8 Å². The highest BCUT2D eigenvalue weighted by atomic mass is 14.9. The first kappa shape index (κ1) is 16.5. The molecule has 1 aromatic rings. The third-order valence-corrected chi connectivity index (χ3v) is 4.99. The van der Waals surface area contributed by atoms with Crippen LogP contribution in [0.1, 0.15) is 64.4 Å². The van der Waals surface area contributed by atoms with Crippen LogP contribution in [-0.2, 0) is 6.42 Å². The zero-order valence-corrected chi connectivity index (χ0v) is 14.0. The zero-order valence-electron chi connectivity index (χ0n) is 14.0. The molecule has 118 valence electrons. The van der Waals surface area contributed by atoms with Crippen LogP contribution in [0.4, 0.5) is 0 Å². The summed E-state index contributed by atoms with van der Waals surface area (Å²) in [7, 11) is 0. The average molecular weight is 287 g/mol. The molecular formula is C20H33N. The fraction of sp³-hybridized carbons (Fsp3) is 0.700. The van der Waals surface area contributed by atoms with Gasteiger partial charge in [-0.1, -0.05) is 69.9 Å². The number of aryl methyl sites for hydroxylation is 1. The lowest BCUT2D eigenvalue weighted by Crippen LogP contribution is -2.32. The summed E-state index contributed by atoms with van der Waals surface area (Å²) < 4.78 is 0. The van der Waals surface area contributed by atoms with Crippen LogP contribution in [0.15, 0.2) is 30.3 Å². The molecule has 21 heavy (non-hydrogen) atoms. The van der Waals surface area contributed by atoms with Crippen LogP contribution >= 0.6 is 0 Å². The van der Waals surface area contributed by atoms with Crippen LogP contribution in [0.3, 0.4) is 0 Å². The second-order valence-corrected chi connectivity index (χ2v) is 7.10. The summed E-state index contributed by atoms with van der Waals surface area (Å²) in [5, 5.41) is 3.68. The lowest BCUT2D eigenvalue weighted by molar-refractivity contribution is 0.273. The van der Waals surface area contributed by atoms with Gasteiger partial charge in [0.05, 0.1) is 0 Å². The van der Waals surface area contributed by atoms with Crippen molar-refractivity contribution in [3.05, 3.63) is 35.9 Å². The Balaban J connectivity index is 1.79. The van der Waals surface area contributed by atoms with Crippen molar-refractivity contribution in [1.29, 1.82) is 0 Å². The summed E-state index contributed by atoms with van der Waals surface area (Å²) in [5.41, 5.74) is 1.50. The second-order valence-electron chi connectivity index (χ2n) is 7.10. The van der Waals surface area contributed by atoms with Crippen molar-refractivity contribution in [2.45, 2.75) is 71.3 Å². The van der Waals surface area contributed by atoms with E-state index in [1.807, 2.05) is 0 Å². The van der Waals surface area contributed by atoms with Crippen molar-refractivity contribution in [3.63, 3.8) is 0 Å². The molecule has 0 heterocycles. The normalized spacial score (nSPS) is 23.2. The molecule has 0 spiro atoms. The molecular weight excluding hydrogens is 254 g/mol. The fourth-order valence-electron chi connectivity index (χ4n) is 3.71. The molecule has 1 saturated carbocycles. The molecule has 1 aliphatic rings. The molecule has 1 aromatic carbocycles. The standard InChI is InChI=1S/C20H33N/c1-17(2)21-16-20-14-8-4-7-13-19(20)15-9-12-18-10-5-3-6-11-18/h3,5-6,10-11,17,19-21H,4,7-9,12-16H2,1-2H3. The topological polar surface area (TPSA) is 12.0 Å². The number of nitrogens with one attached hydrogen (secondary N) is 1. The molecule has 1 heteroatoms. The Morgan fingerprint density at radius 3 is 2.43 bits per heavy atom. The highest BCUT2D eigenvalue weighted by Gasteiger charge is 2.23. The van der Waals surface area contributed by atoms with Crippen LogP contribution in [0.25, 0.3) is 0 Å². The van der Waals surface area contributed by atoms with Gasteiger partial charge < -0.3 is 5.32 Å². The second kappa shape index (κ2) is 9.25. The minimum atomic E-state index is 0.623.